The van der Waals surface area contributed by atoms with Crippen molar-refractivity contribution in [2.24, 2.45) is 0 Å². The average Bonchev–Trinajstić information content (AvgIpc) is 2.37. The van der Waals surface area contributed by atoms with Crippen LogP contribution in [0.5, 0.6) is 0 Å². The van der Waals surface area contributed by atoms with Gasteiger partial charge in [0.25, 0.3) is 5.79 Å². The van der Waals surface area contributed by atoms with Gasteiger partial charge in [0.05, 0.1) is 0 Å². The number of methoxy groups -OCH3 is 2. The monoisotopic (exact) mass is 294 g/mol. The van der Waals surface area contributed by atoms with Gasteiger partial charge in [-0.25, -0.2) is 0 Å². The molecule has 0 aromatic carbocycles. The molecule has 4 atom stereocenters. The number of ether oxygens (including phenoxy) is 5. The van der Waals surface area contributed by atoms with Gasteiger partial charge in [-0.1, -0.05) is 0 Å². The maximum absolute atomic E-state index is 11.1. The standard InChI is InChI=1S/C11H18O9/c1-6(12)19-8-9(20-7(2)13)18-5-10(14,16-3)11(8,15)17-4/h8-9,14-15H,5H2,1-4H3/t8-,9?,10-,11-/m0/s1. The van der Waals surface area contributed by atoms with E-state index in [2.05, 4.69) is 0 Å². The van der Waals surface area contributed by atoms with Gasteiger partial charge in [0.15, 0.2) is 0 Å². The van der Waals surface area contributed by atoms with Gasteiger partial charge in [-0.3, -0.25) is 9.59 Å². The first-order valence-corrected chi connectivity index (χ1v) is 5.71. The Labute approximate surface area is 115 Å². The molecule has 1 fully saturated rings. The molecule has 0 radical (unpaired) electrons. The number of aliphatic hydroxyl groups is 2. The predicted molar refractivity (Wildman–Crippen MR) is 61.0 cm³/mol. The Morgan fingerprint density at radius 1 is 1.10 bits per heavy atom. The summed E-state index contributed by atoms with van der Waals surface area (Å²) in [6.45, 7) is 1.61. The molecule has 0 aromatic rings. The van der Waals surface area contributed by atoms with Crippen LogP contribution in [-0.2, 0) is 33.3 Å². The van der Waals surface area contributed by atoms with Crippen molar-refractivity contribution in [3.05, 3.63) is 0 Å². The lowest BCUT2D eigenvalue weighted by atomic mass is 9.96. The number of hydrogen-bond donors (Lipinski definition) is 2. The first-order valence-electron chi connectivity index (χ1n) is 5.71. The number of esters is 2. The molecule has 2 N–H and O–H groups in total. The van der Waals surface area contributed by atoms with Crippen LogP contribution in [0.3, 0.4) is 0 Å². The van der Waals surface area contributed by atoms with Crippen LogP contribution in [0.2, 0.25) is 0 Å². The minimum absolute atomic E-state index is 0.566. The second-order valence-electron chi connectivity index (χ2n) is 4.21. The zero-order valence-electron chi connectivity index (χ0n) is 11.6. The summed E-state index contributed by atoms with van der Waals surface area (Å²) in [5.41, 5.74) is 0. The van der Waals surface area contributed by atoms with Gasteiger partial charge in [0.2, 0.25) is 18.2 Å². The van der Waals surface area contributed by atoms with E-state index in [0.717, 1.165) is 28.1 Å². The lowest BCUT2D eigenvalue weighted by Gasteiger charge is -2.49. The summed E-state index contributed by atoms with van der Waals surface area (Å²) in [5, 5.41) is 20.6. The van der Waals surface area contributed by atoms with Crippen molar-refractivity contribution in [1.82, 2.24) is 0 Å². The Hall–Kier alpha value is -1.26. The zero-order valence-corrected chi connectivity index (χ0v) is 11.6. The van der Waals surface area contributed by atoms with Crippen molar-refractivity contribution < 1.29 is 43.5 Å². The second kappa shape index (κ2) is 6.02. The minimum atomic E-state index is -2.48. The van der Waals surface area contributed by atoms with E-state index in [9.17, 15) is 19.8 Å². The van der Waals surface area contributed by atoms with Crippen LogP contribution in [0, 0.1) is 0 Å². The van der Waals surface area contributed by atoms with Crippen molar-refractivity contribution in [1.29, 1.82) is 0 Å². The molecular formula is C11H18O9. The topological polar surface area (TPSA) is 121 Å². The summed E-state index contributed by atoms with van der Waals surface area (Å²) in [6.07, 6.45) is -3.08. The van der Waals surface area contributed by atoms with E-state index in [1.807, 2.05) is 0 Å². The van der Waals surface area contributed by atoms with E-state index in [1.165, 1.54) is 0 Å². The van der Waals surface area contributed by atoms with Crippen molar-refractivity contribution >= 4 is 11.9 Å². The van der Waals surface area contributed by atoms with Crippen molar-refractivity contribution in [3.63, 3.8) is 0 Å². The fraction of sp³-hybridized carbons (Fsp3) is 0.818. The highest BCUT2D eigenvalue weighted by Gasteiger charge is 2.65. The summed E-state index contributed by atoms with van der Waals surface area (Å²) in [4.78, 5) is 22.2. The number of rotatable bonds is 4. The van der Waals surface area contributed by atoms with Gasteiger partial charge in [0, 0.05) is 28.1 Å². The lowest BCUT2D eigenvalue weighted by molar-refractivity contribution is -0.455. The maximum Gasteiger partial charge on any atom is 0.305 e. The van der Waals surface area contributed by atoms with E-state index in [1.54, 1.807) is 0 Å². The molecule has 20 heavy (non-hydrogen) atoms. The van der Waals surface area contributed by atoms with Crippen LogP contribution in [0.4, 0.5) is 0 Å². The first kappa shape index (κ1) is 16.8. The fourth-order valence-corrected chi connectivity index (χ4v) is 1.85. The second-order valence-corrected chi connectivity index (χ2v) is 4.21. The highest BCUT2D eigenvalue weighted by molar-refractivity contribution is 5.67. The first-order chi connectivity index (χ1) is 9.20. The van der Waals surface area contributed by atoms with Crippen LogP contribution < -0.4 is 0 Å². The van der Waals surface area contributed by atoms with Gasteiger partial charge in [-0.2, -0.15) is 0 Å². The molecule has 1 aliphatic rings. The average molecular weight is 294 g/mol. The van der Waals surface area contributed by atoms with E-state index < -0.39 is 42.5 Å². The molecule has 1 aliphatic heterocycles. The van der Waals surface area contributed by atoms with Crippen LogP contribution in [-0.4, -0.2) is 66.9 Å². The van der Waals surface area contributed by atoms with Gasteiger partial charge >= 0.3 is 11.9 Å². The van der Waals surface area contributed by atoms with Gasteiger partial charge in [0.1, 0.15) is 6.61 Å². The SMILES string of the molecule is CO[C@@]1(O)[C@@H](OC(C)=O)C(OC(C)=O)OC[C@]1(O)OC. The third-order valence-electron chi connectivity index (χ3n) is 2.86. The maximum atomic E-state index is 11.1. The van der Waals surface area contributed by atoms with Crippen LogP contribution >= 0.6 is 0 Å². The molecule has 9 nitrogen and oxygen atoms in total. The highest BCUT2D eigenvalue weighted by Crippen LogP contribution is 2.37. The predicted octanol–water partition coefficient (Wildman–Crippen LogP) is -1.49. The van der Waals surface area contributed by atoms with E-state index in [-0.39, 0.29) is 0 Å². The minimum Gasteiger partial charge on any atom is -0.450 e. The summed E-state index contributed by atoms with van der Waals surface area (Å²) in [5.74, 6) is -6.32. The molecule has 0 saturated carbocycles. The Morgan fingerprint density at radius 2 is 1.65 bits per heavy atom. The smallest absolute Gasteiger partial charge is 0.305 e. The van der Waals surface area contributed by atoms with E-state index >= 15 is 0 Å². The van der Waals surface area contributed by atoms with E-state index in [4.69, 9.17) is 23.7 Å². The summed E-state index contributed by atoms with van der Waals surface area (Å²) >= 11 is 0. The Morgan fingerprint density at radius 3 is 2.05 bits per heavy atom. The molecule has 1 saturated heterocycles. The summed E-state index contributed by atoms with van der Waals surface area (Å²) in [6, 6.07) is 0. The molecule has 1 heterocycles. The molecule has 1 unspecified atom stereocenters. The molecule has 9 heteroatoms. The number of carbonyl (C=O) groups is 2. The van der Waals surface area contributed by atoms with Crippen LogP contribution in [0.1, 0.15) is 13.8 Å². The number of hydrogen-bond acceptors (Lipinski definition) is 9. The van der Waals surface area contributed by atoms with Crippen molar-refractivity contribution in [2.45, 2.75) is 37.8 Å². The Bertz CT molecular complexity index is 384. The van der Waals surface area contributed by atoms with Crippen LogP contribution in [0.25, 0.3) is 0 Å². The molecule has 0 spiro atoms. The summed E-state index contributed by atoms with van der Waals surface area (Å²) < 4.78 is 24.3. The Kier molecular flexibility index (Phi) is 5.05. The molecule has 0 amide bonds. The molecule has 1 rings (SSSR count). The molecular weight excluding hydrogens is 276 g/mol. The van der Waals surface area contributed by atoms with Crippen molar-refractivity contribution in [3.8, 4) is 0 Å². The highest BCUT2D eigenvalue weighted by atomic mass is 16.8. The third-order valence-corrected chi connectivity index (χ3v) is 2.86. The van der Waals surface area contributed by atoms with E-state index in [0.29, 0.717) is 0 Å². The zero-order chi connectivity index (χ0) is 15.6. The number of carbonyl (C=O) groups excluding carboxylic acids is 2. The van der Waals surface area contributed by atoms with Gasteiger partial charge < -0.3 is 33.9 Å². The van der Waals surface area contributed by atoms with Crippen LogP contribution in [0.15, 0.2) is 0 Å². The Balaban J connectivity index is 3.16. The molecule has 116 valence electrons. The molecule has 0 aliphatic carbocycles. The van der Waals surface area contributed by atoms with Crippen molar-refractivity contribution in [2.75, 3.05) is 20.8 Å². The van der Waals surface area contributed by atoms with Gasteiger partial charge in [-0.05, 0) is 0 Å². The quantitative estimate of drug-likeness (QED) is 0.471. The summed E-state index contributed by atoms with van der Waals surface area (Å²) in [7, 11) is 2.17. The lowest BCUT2D eigenvalue weighted by Crippen LogP contribution is -2.73. The molecule has 0 aromatic heterocycles. The molecule has 0 bridgehead atoms. The normalized spacial score (nSPS) is 37.3. The third kappa shape index (κ3) is 2.91. The largest absolute Gasteiger partial charge is 0.450 e. The van der Waals surface area contributed by atoms with Gasteiger partial charge in [-0.15, -0.1) is 0 Å². The fourth-order valence-electron chi connectivity index (χ4n) is 1.85.